The van der Waals surface area contributed by atoms with E-state index in [1.54, 1.807) is 0 Å². The first-order valence-corrected chi connectivity index (χ1v) is 11.0. The number of anilines is 2. The highest BCUT2D eigenvalue weighted by Gasteiger charge is 2.30. The molecule has 0 saturated carbocycles. The van der Waals surface area contributed by atoms with Gasteiger partial charge in [-0.2, -0.15) is 13.2 Å². The average Bonchev–Trinajstić information content (AvgIpc) is 2.87. The van der Waals surface area contributed by atoms with Crippen molar-refractivity contribution < 1.29 is 37.0 Å². The molecule has 3 aromatic rings. The maximum atomic E-state index is 12.9. The van der Waals surface area contributed by atoms with Crippen LogP contribution in [-0.4, -0.2) is 38.3 Å². The highest BCUT2D eigenvalue weighted by atomic mass is 32.1. The normalized spacial score (nSPS) is 10.8. The minimum absolute atomic E-state index is 0.0118. The van der Waals surface area contributed by atoms with Crippen LogP contribution in [-0.2, 0) is 6.18 Å². The van der Waals surface area contributed by atoms with E-state index in [1.165, 1.54) is 69.9 Å². The van der Waals surface area contributed by atoms with Crippen molar-refractivity contribution in [3.63, 3.8) is 0 Å². The summed E-state index contributed by atoms with van der Waals surface area (Å²) in [6, 6.07) is 13.2. The van der Waals surface area contributed by atoms with E-state index in [-0.39, 0.29) is 21.9 Å². The number of halogens is 3. The fourth-order valence-electron chi connectivity index (χ4n) is 3.23. The Labute approximate surface area is 215 Å². The van der Waals surface area contributed by atoms with Gasteiger partial charge in [0.1, 0.15) is 0 Å². The topological polar surface area (TPSA) is 97.9 Å². The molecule has 0 atom stereocenters. The number of hydrogen-bond donors (Lipinski definition) is 3. The number of hydrogen-bond acceptors (Lipinski definition) is 6. The summed E-state index contributed by atoms with van der Waals surface area (Å²) in [6.45, 7) is 0. The minimum atomic E-state index is -4.52. The first kappa shape index (κ1) is 27.3. The molecule has 0 spiro atoms. The Bertz CT molecular complexity index is 1290. The number of carbonyl (C=O) groups excluding carboxylic acids is 2. The van der Waals surface area contributed by atoms with E-state index < -0.39 is 23.6 Å². The van der Waals surface area contributed by atoms with Crippen molar-refractivity contribution in [2.75, 3.05) is 32.0 Å². The van der Waals surface area contributed by atoms with Crippen molar-refractivity contribution in [1.82, 2.24) is 5.32 Å². The molecule has 12 heteroatoms. The van der Waals surface area contributed by atoms with Crippen LogP contribution in [0, 0.1) is 0 Å². The molecule has 0 heterocycles. The Morgan fingerprint density at radius 3 is 1.92 bits per heavy atom. The second-order valence-corrected chi connectivity index (χ2v) is 7.84. The number of methoxy groups -OCH3 is 3. The molecule has 0 aliphatic heterocycles. The van der Waals surface area contributed by atoms with E-state index >= 15 is 0 Å². The van der Waals surface area contributed by atoms with Gasteiger partial charge in [0.15, 0.2) is 16.6 Å². The first-order valence-electron chi connectivity index (χ1n) is 10.6. The van der Waals surface area contributed by atoms with Gasteiger partial charge in [0.25, 0.3) is 11.8 Å². The van der Waals surface area contributed by atoms with E-state index in [4.69, 9.17) is 26.4 Å². The third kappa shape index (κ3) is 6.88. The highest BCUT2D eigenvalue weighted by molar-refractivity contribution is 7.80. The second-order valence-electron chi connectivity index (χ2n) is 7.43. The van der Waals surface area contributed by atoms with Crippen molar-refractivity contribution in [3.05, 3.63) is 77.4 Å². The maximum Gasteiger partial charge on any atom is 0.416 e. The van der Waals surface area contributed by atoms with Crippen LogP contribution in [0.15, 0.2) is 60.7 Å². The van der Waals surface area contributed by atoms with Crippen LogP contribution in [0.25, 0.3) is 0 Å². The molecule has 0 unspecified atom stereocenters. The maximum absolute atomic E-state index is 12.9. The number of benzene rings is 3. The van der Waals surface area contributed by atoms with E-state index in [0.717, 1.165) is 12.1 Å². The Morgan fingerprint density at radius 2 is 1.38 bits per heavy atom. The minimum Gasteiger partial charge on any atom is -0.493 e. The van der Waals surface area contributed by atoms with Crippen molar-refractivity contribution in [3.8, 4) is 17.2 Å². The zero-order valence-corrected chi connectivity index (χ0v) is 20.7. The lowest BCUT2D eigenvalue weighted by atomic mass is 10.1. The average molecular weight is 534 g/mol. The third-order valence-electron chi connectivity index (χ3n) is 5.01. The predicted octanol–water partition coefficient (Wildman–Crippen LogP) is 5.11. The molecule has 3 aromatic carbocycles. The molecule has 0 fully saturated rings. The van der Waals surface area contributed by atoms with Crippen LogP contribution in [0.3, 0.4) is 0 Å². The first-order chi connectivity index (χ1) is 17.5. The van der Waals surface area contributed by atoms with Gasteiger partial charge in [0, 0.05) is 22.5 Å². The van der Waals surface area contributed by atoms with Gasteiger partial charge in [-0.3, -0.25) is 14.9 Å². The van der Waals surface area contributed by atoms with E-state index in [0.29, 0.717) is 22.9 Å². The molecule has 0 radical (unpaired) electrons. The Hall–Kier alpha value is -4.32. The molecule has 37 heavy (non-hydrogen) atoms. The van der Waals surface area contributed by atoms with Gasteiger partial charge in [0.2, 0.25) is 5.75 Å². The van der Waals surface area contributed by atoms with Gasteiger partial charge in [-0.25, -0.2) is 0 Å². The van der Waals surface area contributed by atoms with Crippen LogP contribution >= 0.6 is 12.2 Å². The lowest BCUT2D eigenvalue weighted by molar-refractivity contribution is -0.137. The van der Waals surface area contributed by atoms with Gasteiger partial charge in [-0.1, -0.05) is 6.07 Å². The Balaban J connectivity index is 1.63. The third-order valence-corrected chi connectivity index (χ3v) is 5.21. The van der Waals surface area contributed by atoms with Gasteiger partial charge in [0.05, 0.1) is 26.9 Å². The SMILES string of the molecule is COc1cc(C(=O)NC(=S)Nc2ccc(C(=O)Nc3cccc(C(F)(F)F)c3)cc2)cc(OC)c1OC. The molecular weight excluding hydrogens is 511 g/mol. The molecule has 2 amide bonds. The molecular formula is C25H22F3N3O5S. The molecule has 0 aliphatic rings. The summed E-state index contributed by atoms with van der Waals surface area (Å²) in [5, 5.41) is 7.76. The van der Waals surface area contributed by atoms with Gasteiger partial charge in [-0.15, -0.1) is 0 Å². The van der Waals surface area contributed by atoms with Gasteiger partial charge < -0.3 is 24.8 Å². The van der Waals surface area contributed by atoms with Crippen LogP contribution in [0.2, 0.25) is 0 Å². The number of alkyl halides is 3. The van der Waals surface area contributed by atoms with Crippen LogP contribution in [0.5, 0.6) is 17.2 Å². The van der Waals surface area contributed by atoms with Crippen molar-refractivity contribution in [1.29, 1.82) is 0 Å². The fourth-order valence-corrected chi connectivity index (χ4v) is 3.44. The Morgan fingerprint density at radius 1 is 0.757 bits per heavy atom. The van der Waals surface area contributed by atoms with Crippen molar-refractivity contribution >= 4 is 40.5 Å². The fraction of sp³-hybridized carbons (Fsp3) is 0.160. The van der Waals surface area contributed by atoms with Crippen LogP contribution < -0.4 is 30.2 Å². The van der Waals surface area contributed by atoms with Gasteiger partial charge >= 0.3 is 6.18 Å². The number of carbonyl (C=O) groups is 2. The second kappa shape index (κ2) is 11.6. The number of nitrogens with one attached hydrogen (secondary N) is 3. The van der Waals surface area contributed by atoms with Gasteiger partial charge in [-0.05, 0) is 66.8 Å². The largest absolute Gasteiger partial charge is 0.493 e. The summed E-state index contributed by atoms with van der Waals surface area (Å²) in [6.07, 6.45) is -4.52. The summed E-state index contributed by atoms with van der Waals surface area (Å²) < 4.78 is 54.4. The monoisotopic (exact) mass is 533 g/mol. The molecule has 0 saturated heterocycles. The molecule has 0 aliphatic carbocycles. The summed E-state index contributed by atoms with van der Waals surface area (Å²) in [5.41, 5.74) is 0.0195. The Kier molecular flexibility index (Phi) is 8.56. The van der Waals surface area contributed by atoms with Crippen molar-refractivity contribution in [2.24, 2.45) is 0 Å². The molecule has 3 rings (SSSR count). The van der Waals surface area contributed by atoms with E-state index in [9.17, 15) is 22.8 Å². The summed E-state index contributed by atoms with van der Waals surface area (Å²) in [7, 11) is 4.29. The van der Waals surface area contributed by atoms with Crippen molar-refractivity contribution in [2.45, 2.75) is 6.18 Å². The molecule has 0 aromatic heterocycles. The zero-order valence-electron chi connectivity index (χ0n) is 19.9. The van der Waals surface area contributed by atoms with Crippen LogP contribution in [0.1, 0.15) is 26.3 Å². The van der Waals surface area contributed by atoms with E-state index in [1.807, 2.05) is 0 Å². The standard InChI is InChI=1S/C25H22F3N3O5S/c1-34-19-11-15(12-20(35-2)21(19)36-3)23(33)31-24(37)30-17-9-7-14(8-10-17)22(32)29-18-6-4-5-16(13-18)25(26,27)28/h4-13H,1-3H3,(H,29,32)(H2,30,31,33,37). The quantitative estimate of drug-likeness (QED) is 0.363. The summed E-state index contributed by atoms with van der Waals surface area (Å²) in [4.78, 5) is 25.1. The summed E-state index contributed by atoms with van der Waals surface area (Å²) >= 11 is 5.20. The lowest BCUT2D eigenvalue weighted by Gasteiger charge is -2.15. The zero-order chi connectivity index (χ0) is 27.2. The number of rotatable bonds is 7. The van der Waals surface area contributed by atoms with Crippen LogP contribution in [0.4, 0.5) is 24.5 Å². The molecule has 8 nitrogen and oxygen atoms in total. The number of ether oxygens (including phenoxy) is 3. The molecule has 0 bridgehead atoms. The molecule has 3 N–H and O–H groups in total. The van der Waals surface area contributed by atoms with E-state index in [2.05, 4.69) is 16.0 Å². The number of thiocarbonyl (C=S) groups is 1. The lowest BCUT2D eigenvalue weighted by Crippen LogP contribution is -2.34. The number of amides is 2. The summed E-state index contributed by atoms with van der Waals surface area (Å²) in [5.74, 6) is -0.202. The molecule has 194 valence electrons. The highest BCUT2D eigenvalue weighted by Crippen LogP contribution is 2.38. The smallest absolute Gasteiger partial charge is 0.416 e. The predicted molar refractivity (Wildman–Crippen MR) is 136 cm³/mol.